The van der Waals surface area contributed by atoms with E-state index in [9.17, 15) is 29.7 Å². The van der Waals surface area contributed by atoms with Gasteiger partial charge >= 0.3 is 11.9 Å². The van der Waals surface area contributed by atoms with Crippen LogP contribution in [0.1, 0.15) is 59.8 Å². The Bertz CT molecular complexity index is 1730. The number of allylic oxidation sites excluding steroid dienone is 10. The molecule has 278 valence electrons. The number of Topliss-reactive ketones (excluding diaryl/α,β-unsaturated/α-hetero) is 1. The molecule has 0 radical (unpaired) electrons. The first-order valence-corrected chi connectivity index (χ1v) is 19.2. The molecule has 6 aliphatic carbocycles. The molecule has 1 heterocycles. The lowest BCUT2D eigenvalue weighted by Crippen LogP contribution is -2.61. The van der Waals surface area contributed by atoms with Crippen molar-refractivity contribution in [3.05, 3.63) is 96.7 Å². The molecule has 0 aromatic carbocycles. The molecule has 7 rings (SSSR count). The standard InChI is InChI=1S/C44H54O8/c1-6-8-9-10-11-12-14-18-31-35-29(7-2)30-17-15-13-16-19-34(46)52-43-22-27(4)44(50)32(38(43)41(43,5)25-51-40(48)37(30)36(31)35)21-28(24-45)23-42(49)33(44)20-26(3)39(42)47/h7,9-18,20-21,27,29-33,35-38,45,49-50H,2,6,8,19,22-25H2,1,3-5H3/b10-9+,12-11+,16-13+,17-15+,18-14+/t27-,29+,30-,31+,32+,33-,35+,36-,37-,38-,41-,42-,43+,44-/m1/s1. The molecule has 52 heavy (non-hydrogen) atoms. The SMILES string of the molecule is C=C[C@H]1[C@H]2/C=C/C=C/CC(=O)O[C@@]34C[C@@H](C)[C@@]5(O)[C@@H](C=C(CO)C[C@]6(O)C(=O)C(C)=C[C@@H]56)[C@@H]3[C@@]4(C)COC(=O)[C@H]2[C@@H]2[C@@H](/C=C/C=C/C=C/CCC)[C@H]12. The number of carbonyl (C=O) groups excluding carboxylic acids is 3. The van der Waals surface area contributed by atoms with Crippen LogP contribution >= 0.6 is 0 Å². The van der Waals surface area contributed by atoms with Gasteiger partial charge in [-0.15, -0.1) is 6.58 Å². The second-order valence-electron chi connectivity index (χ2n) is 16.8. The zero-order valence-electron chi connectivity index (χ0n) is 30.8. The number of unbranched alkanes of at least 4 members (excludes halogenated alkanes) is 1. The van der Waals surface area contributed by atoms with Crippen molar-refractivity contribution in [3.63, 3.8) is 0 Å². The maximum Gasteiger partial charge on any atom is 0.310 e. The summed E-state index contributed by atoms with van der Waals surface area (Å²) in [6.07, 6.45) is 27.9. The van der Waals surface area contributed by atoms with Crippen LogP contribution in [-0.4, -0.2) is 63.1 Å². The molecule has 1 spiro atoms. The normalized spacial score (nSPS) is 47.8. The maximum atomic E-state index is 14.4. The van der Waals surface area contributed by atoms with E-state index in [1.165, 1.54) is 0 Å². The van der Waals surface area contributed by atoms with Gasteiger partial charge in [0.05, 0.1) is 24.5 Å². The highest BCUT2D eigenvalue weighted by Gasteiger charge is 2.85. The van der Waals surface area contributed by atoms with E-state index < -0.39 is 64.2 Å². The minimum atomic E-state index is -1.90. The molecular weight excluding hydrogens is 656 g/mol. The lowest BCUT2D eigenvalue weighted by Gasteiger charge is -2.50. The van der Waals surface area contributed by atoms with E-state index in [1.807, 2.05) is 50.3 Å². The predicted octanol–water partition coefficient (Wildman–Crippen LogP) is 5.93. The summed E-state index contributed by atoms with van der Waals surface area (Å²) in [7, 11) is 0. The highest BCUT2D eigenvalue weighted by Crippen LogP contribution is 2.77. The van der Waals surface area contributed by atoms with Crippen molar-refractivity contribution in [1.82, 2.24) is 0 Å². The van der Waals surface area contributed by atoms with Crippen LogP contribution in [0.25, 0.3) is 0 Å². The van der Waals surface area contributed by atoms with Gasteiger partial charge in [0.2, 0.25) is 0 Å². The maximum absolute atomic E-state index is 14.4. The third-order valence-corrected chi connectivity index (χ3v) is 14.0. The van der Waals surface area contributed by atoms with Crippen LogP contribution in [0.5, 0.6) is 0 Å². The van der Waals surface area contributed by atoms with Gasteiger partial charge in [-0.2, -0.15) is 0 Å². The monoisotopic (exact) mass is 710 g/mol. The topological polar surface area (TPSA) is 130 Å². The van der Waals surface area contributed by atoms with Crippen molar-refractivity contribution in [2.45, 2.75) is 76.6 Å². The summed E-state index contributed by atoms with van der Waals surface area (Å²) < 4.78 is 12.8. The van der Waals surface area contributed by atoms with Crippen LogP contribution in [0, 0.1) is 64.6 Å². The number of aliphatic hydroxyl groups is 3. The highest BCUT2D eigenvalue weighted by molar-refractivity contribution is 6.04. The highest BCUT2D eigenvalue weighted by atomic mass is 16.6. The molecule has 0 unspecified atom stereocenters. The number of hydrogen-bond acceptors (Lipinski definition) is 8. The lowest BCUT2D eigenvalue weighted by atomic mass is 9.60. The number of esters is 2. The second-order valence-corrected chi connectivity index (χ2v) is 16.8. The predicted molar refractivity (Wildman–Crippen MR) is 197 cm³/mol. The quantitative estimate of drug-likeness (QED) is 0.169. The van der Waals surface area contributed by atoms with Gasteiger partial charge in [-0.05, 0) is 66.4 Å². The van der Waals surface area contributed by atoms with Crippen molar-refractivity contribution < 1.29 is 39.2 Å². The number of rotatable bonds is 7. The first-order chi connectivity index (χ1) is 24.8. The summed E-state index contributed by atoms with van der Waals surface area (Å²) in [6, 6.07) is 0. The molecule has 4 saturated carbocycles. The van der Waals surface area contributed by atoms with Crippen LogP contribution in [0.2, 0.25) is 0 Å². The van der Waals surface area contributed by atoms with Crippen molar-refractivity contribution in [1.29, 1.82) is 0 Å². The van der Waals surface area contributed by atoms with Gasteiger partial charge in [-0.1, -0.05) is 106 Å². The zero-order valence-corrected chi connectivity index (χ0v) is 30.8. The summed E-state index contributed by atoms with van der Waals surface area (Å²) >= 11 is 0. The van der Waals surface area contributed by atoms with Crippen LogP contribution in [0.15, 0.2) is 96.7 Å². The van der Waals surface area contributed by atoms with Crippen LogP contribution < -0.4 is 0 Å². The first kappa shape index (κ1) is 36.8. The minimum absolute atomic E-state index is 0.0274. The summed E-state index contributed by atoms with van der Waals surface area (Å²) in [5.41, 5.74) is -4.62. The Hall–Kier alpha value is -3.59. The van der Waals surface area contributed by atoms with Crippen molar-refractivity contribution in [3.8, 4) is 0 Å². The van der Waals surface area contributed by atoms with E-state index in [-0.39, 0.29) is 67.3 Å². The van der Waals surface area contributed by atoms with Gasteiger partial charge in [0.15, 0.2) is 5.78 Å². The first-order valence-electron chi connectivity index (χ1n) is 19.2. The molecular formula is C44H54O8. The number of aliphatic hydroxyl groups excluding tert-OH is 1. The number of ether oxygens (including phenoxy) is 2. The molecule has 0 aromatic rings. The Morgan fingerprint density at radius 3 is 2.54 bits per heavy atom. The molecule has 7 aliphatic rings. The van der Waals surface area contributed by atoms with Gasteiger partial charge in [0.25, 0.3) is 0 Å². The van der Waals surface area contributed by atoms with E-state index in [4.69, 9.17) is 9.47 Å². The van der Waals surface area contributed by atoms with Crippen LogP contribution in [0.3, 0.4) is 0 Å². The second kappa shape index (κ2) is 13.4. The molecule has 0 bridgehead atoms. The minimum Gasteiger partial charge on any atom is -0.465 e. The van der Waals surface area contributed by atoms with E-state index in [2.05, 4.69) is 37.8 Å². The number of cyclic esters (lactones) is 1. The molecule has 0 amide bonds. The Kier molecular flexibility index (Phi) is 9.45. The van der Waals surface area contributed by atoms with Crippen LogP contribution in [-0.2, 0) is 23.9 Å². The third kappa shape index (κ3) is 5.38. The number of fused-ring (bicyclic) bond motifs is 8. The molecule has 0 aromatic heterocycles. The van der Waals surface area contributed by atoms with E-state index in [0.29, 0.717) is 11.1 Å². The van der Waals surface area contributed by atoms with E-state index in [1.54, 1.807) is 25.2 Å². The van der Waals surface area contributed by atoms with Crippen molar-refractivity contribution in [2.75, 3.05) is 13.2 Å². The van der Waals surface area contributed by atoms with Gasteiger partial charge in [-0.25, -0.2) is 0 Å². The largest absolute Gasteiger partial charge is 0.465 e. The third-order valence-electron chi connectivity index (χ3n) is 14.0. The Labute approximate surface area is 307 Å². The summed E-state index contributed by atoms with van der Waals surface area (Å²) in [6.45, 7) is 11.3. The van der Waals surface area contributed by atoms with Gasteiger partial charge in [0, 0.05) is 29.6 Å². The fourth-order valence-corrected chi connectivity index (χ4v) is 11.5. The Morgan fingerprint density at radius 1 is 1.04 bits per heavy atom. The average molecular weight is 711 g/mol. The molecule has 0 saturated heterocycles. The number of carbonyl (C=O) groups is 3. The van der Waals surface area contributed by atoms with Crippen molar-refractivity contribution >= 4 is 17.7 Å². The summed E-state index contributed by atoms with van der Waals surface area (Å²) in [5.74, 6) is -3.60. The molecule has 8 nitrogen and oxygen atoms in total. The Morgan fingerprint density at radius 2 is 1.81 bits per heavy atom. The van der Waals surface area contributed by atoms with E-state index in [0.717, 1.165) is 12.8 Å². The van der Waals surface area contributed by atoms with Gasteiger partial charge in [0.1, 0.15) is 17.8 Å². The fraction of sp³-hybridized carbons (Fsp3) is 0.568. The van der Waals surface area contributed by atoms with Gasteiger partial charge in [-0.3, -0.25) is 14.4 Å². The molecule has 1 aliphatic heterocycles. The number of ketones is 1. The molecule has 8 heteroatoms. The fourth-order valence-electron chi connectivity index (χ4n) is 11.5. The lowest BCUT2D eigenvalue weighted by molar-refractivity contribution is -0.187. The van der Waals surface area contributed by atoms with E-state index >= 15 is 0 Å². The van der Waals surface area contributed by atoms with Crippen LogP contribution in [0.4, 0.5) is 0 Å². The smallest absolute Gasteiger partial charge is 0.310 e. The van der Waals surface area contributed by atoms with Gasteiger partial charge < -0.3 is 24.8 Å². The number of hydrogen-bond donors (Lipinski definition) is 3. The molecule has 14 atom stereocenters. The van der Waals surface area contributed by atoms with Crippen molar-refractivity contribution in [2.24, 2.45) is 64.6 Å². The Balaban J connectivity index is 1.21. The molecule has 3 N–H and O–H groups in total. The summed E-state index contributed by atoms with van der Waals surface area (Å²) in [5, 5.41) is 35.2. The molecule has 4 fully saturated rings. The average Bonchev–Trinajstić information content (AvgIpc) is 3.85. The summed E-state index contributed by atoms with van der Waals surface area (Å²) in [4.78, 5) is 41.2. The zero-order chi connectivity index (χ0) is 37.2.